The summed E-state index contributed by atoms with van der Waals surface area (Å²) in [5.41, 5.74) is 0. The van der Waals surface area contributed by atoms with Crippen LogP contribution in [0.5, 0.6) is 0 Å². The van der Waals surface area contributed by atoms with Gasteiger partial charge in [0.05, 0.1) is 0 Å². The summed E-state index contributed by atoms with van der Waals surface area (Å²) in [4.78, 5) is 7.74. The molecule has 0 saturated carbocycles. The molecule has 0 aliphatic carbocycles. The fraction of sp³-hybridized carbons (Fsp3) is 0. The third-order valence-electron chi connectivity index (χ3n) is 0.0660. The lowest BCUT2D eigenvalue weighted by molar-refractivity contribution is 0.520. The molecule has 0 bridgehead atoms. The molecule has 0 fully saturated rings. The Bertz CT molecular complexity index is 44.9. The highest BCUT2D eigenvalue weighted by atomic mass is 35.7. The van der Waals surface area contributed by atoms with Crippen molar-refractivity contribution in [3.8, 4) is 0 Å². The molecule has 0 aromatic heterocycles. The van der Waals surface area contributed by atoms with Gasteiger partial charge in [-0.2, -0.15) is 0 Å². The second-order valence-corrected chi connectivity index (χ2v) is 3.93. The van der Waals surface area contributed by atoms with Crippen molar-refractivity contribution in [1.29, 1.82) is 0 Å². The van der Waals surface area contributed by atoms with E-state index in [1.165, 1.54) is 0 Å². The van der Waals surface area contributed by atoms with Gasteiger partial charge in [-0.15, -0.1) is 0 Å². The molecule has 5 heteroatoms. The maximum Gasteiger partial charge on any atom is 0.258 e. The number of hydrogen-bond donors (Lipinski definition) is 1. The Balaban J connectivity index is 2.85. The number of halogens is 1. The standard InChI is InChI=1S/ClH2O2PS/c1-5-4(2)3/h4H,(H,2,3). The summed E-state index contributed by atoms with van der Waals surface area (Å²) in [6, 6.07) is 0. The van der Waals surface area contributed by atoms with Crippen molar-refractivity contribution in [1.82, 2.24) is 0 Å². The summed E-state index contributed by atoms with van der Waals surface area (Å²) in [5.74, 6) is 0. The van der Waals surface area contributed by atoms with Crippen LogP contribution in [0.4, 0.5) is 0 Å². The van der Waals surface area contributed by atoms with Crippen LogP contribution in [-0.4, -0.2) is 4.89 Å². The lowest BCUT2D eigenvalue weighted by Crippen LogP contribution is -1.28. The molecular weight excluding hydrogens is 130 g/mol. The Morgan fingerprint density at radius 3 is 2.20 bits per heavy atom. The molecule has 1 N–H and O–H groups in total. The maximum absolute atomic E-state index is 9.38. The lowest BCUT2D eigenvalue weighted by Gasteiger charge is -1.70. The van der Waals surface area contributed by atoms with Crippen molar-refractivity contribution >= 4 is 28.5 Å². The van der Waals surface area contributed by atoms with Gasteiger partial charge in [0, 0.05) is 10.6 Å². The van der Waals surface area contributed by atoms with Crippen LogP contribution < -0.4 is 0 Å². The van der Waals surface area contributed by atoms with Crippen LogP contribution >= 0.6 is 28.5 Å². The van der Waals surface area contributed by atoms with Crippen LogP contribution in [0.2, 0.25) is 0 Å². The lowest BCUT2D eigenvalue weighted by atomic mass is 15.9. The zero-order valence-electron chi connectivity index (χ0n) is 2.14. The first-order chi connectivity index (χ1) is 2.27. The van der Waals surface area contributed by atoms with Gasteiger partial charge in [0.15, 0.2) is 0 Å². The second-order valence-electron chi connectivity index (χ2n) is 0.343. The summed E-state index contributed by atoms with van der Waals surface area (Å²) in [6.45, 7) is 0. The second kappa shape index (κ2) is 3.04. The minimum absolute atomic E-state index is 0.454. The Morgan fingerprint density at radius 2 is 2.20 bits per heavy atom. The van der Waals surface area contributed by atoms with E-state index < -0.39 is 7.23 Å². The molecule has 0 radical (unpaired) electrons. The van der Waals surface area contributed by atoms with Crippen LogP contribution in [0.3, 0.4) is 0 Å². The van der Waals surface area contributed by atoms with Crippen molar-refractivity contribution in [3.05, 3.63) is 0 Å². The van der Waals surface area contributed by atoms with E-state index in [1.807, 2.05) is 0 Å². The van der Waals surface area contributed by atoms with E-state index in [0.29, 0.717) is 10.6 Å². The van der Waals surface area contributed by atoms with Gasteiger partial charge in [-0.05, 0) is 10.7 Å². The molecule has 0 aromatic rings. The van der Waals surface area contributed by atoms with E-state index >= 15 is 0 Å². The van der Waals surface area contributed by atoms with E-state index in [1.54, 1.807) is 0 Å². The molecule has 5 heavy (non-hydrogen) atoms. The van der Waals surface area contributed by atoms with Crippen molar-refractivity contribution in [2.24, 2.45) is 0 Å². The summed E-state index contributed by atoms with van der Waals surface area (Å²) in [5, 5.41) is 0. The minimum atomic E-state index is -2.44. The third kappa shape index (κ3) is 4.83. The molecule has 0 rings (SSSR count). The molecule has 0 amide bonds. The van der Waals surface area contributed by atoms with E-state index in [-0.39, 0.29) is 0 Å². The van der Waals surface area contributed by atoms with E-state index in [4.69, 9.17) is 15.6 Å². The fourth-order valence-electron chi connectivity index (χ4n) is 0. The predicted molar refractivity (Wildman–Crippen MR) is 24.7 cm³/mol. The van der Waals surface area contributed by atoms with Crippen LogP contribution in [0, 0.1) is 0 Å². The van der Waals surface area contributed by atoms with Gasteiger partial charge >= 0.3 is 0 Å². The molecular formula is H2ClO2PS. The highest BCUT2D eigenvalue weighted by molar-refractivity contribution is 8.62. The SMILES string of the molecule is O=[PH](O)SCl. The molecule has 0 aliphatic rings. The average Bonchev–Trinajstić information content (AvgIpc) is 1.38. The largest absolute Gasteiger partial charge is 0.338 e. The number of hydrogen-bond acceptors (Lipinski definition) is 2. The average molecular weight is 133 g/mol. The Labute approximate surface area is 38.6 Å². The molecule has 1 atom stereocenters. The minimum Gasteiger partial charge on any atom is -0.338 e. The first-order valence-electron chi connectivity index (χ1n) is 0.786. The zero-order valence-corrected chi connectivity index (χ0v) is 4.71. The molecule has 0 heterocycles. The summed E-state index contributed by atoms with van der Waals surface area (Å²) >= 11 is 0. The normalized spacial score (nSPS) is 14.8. The van der Waals surface area contributed by atoms with Crippen molar-refractivity contribution in [2.45, 2.75) is 0 Å². The fourth-order valence-corrected chi connectivity index (χ4v) is 0. The Kier molecular flexibility index (Phi) is 3.54. The van der Waals surface area contributed by atoms with Gasteiger partial charge in [-0.25, -0.2) is 0 Å². The summed E-state index contributed by atoms with van der Waals surface area (Å²) < 4.78 is 9.38. The first kappa shape index (κ1) is 5.83. The Hall–Kier alpha value is 0.830. The maximum atomic E-state index is 9.38. The van der Waals surface area contributed by atoms with Crippen LogP contribution in [0.25, 0.3) is 0 Å². The van der Waals surface area contributed by atoms with Crippen molar-refractivity contribution < 1.29 is 9.46 Å². The van der Waals surface area contributed by atoms with Gasteiger partial charge in [0.25, 0.3) is 7.23 Å². The highest BCUT2D eigenvalue weighted by Gasteiger charge is 1.80. The number of rotatable bonds is 1. The van der Waals surface area contributed by atoms with Crippen LogP contribution in [0.1, 0.15) is 0 Å². The monoisotopic (exact) mass is 132 g/mol. The van der Waals surface area contributed by atoms with E-state index in [0.717, 1.165) is 0 Å². The molecule has 0 aliphatic heterocycles. The molecule has 32 valence electrons. The van der Waals surface area contributed by atoms with Crippen molar-refractivity contribution in [2.75, 3.05) is 0 Å². The topological polar surface area (TPSA) is 37.3 Å². The quantitative estimate of drug-likeness (QED) is 0.546. The Morgan fingerprint density at radius 1 is 2.00 bits per heavy atom. The first-order valence-corrected chi connectivity index (χ1v) is 4.51. The zero-order chi connectivity index (χ0) is 4.28. The third-order valence-corrected chi connectivity index (χ3v) is 1.78. The van der Waals surface area contributed by atoms with Crippen LogP contribution in [-0.2, 0) is 4.57 Å². The molecule has 1 unspecified atom stereocenters. The van der Waals surface area contributed by atoms with Gasteiger partial charge < -0.3 is 4.89 Å². The van der Waals surface area contributed by atoms with Gasteiger partial charge in [-0.3, -0.25) is 4.57 Å². The molecule has 2 nitrogen and oxygen atoms in total. The van der Waals surface area contributed by atoms with Crippen molar-refractivity contribution in [3.63, 3.8) is 0 Å². The van der Waals surface area contributed by atoms with Gasteiger partial charge in [0.1, 0.15) is 0 Å². The summed E-state index contributed by atoms with van der Waals surface area (Å²) in [6.07, 6.45) is 0. The summed E-state index contributed by atoms with van der Waals surface area (Å²) in [7, 11) is 2.75. The smallest absolute Gasteiger partial charge is 0.258 e. The van der Waals surface area contributed by atoms with Gasteiger partial charge in [-0.1, -0.05) is 0 Å². The highest BCUT2D eigenvalue weighted by Crippen LogP contribution is 2.35. The van der Waals surface area contributed by atoms with Gasteiger partial charge in [0.2, 0.25) is 0 Å². The van der Waals surface area contributed by atoms with E-state index in [2.05, 4.69) is 0 Å². The molecule has 0 saturated heterocycles. The van der Waals surface area contributed by atoms with E-state index in [9.17, 15) is 4.57 Å². The van der Waals surface area contributed by atoms with Crippen LogP contribution in [0.15, 0.2) is 0 Å². The molecule has 0 aromatic carbocycles. The predicted octanol–water partition coefficient (Wildman–Crippen LogP) is 1.26. The molecule has 0 spiro atoms.